The van der Waals surface area contributed by atoms with E-state index >= 15 is 0 Å². The maximum atomic E-state index is 13.4. The molecular formula is C20H15N3O4. The molecule has 6 atom stereocenters. The lowest BCUT2D eigenvalue weighted by Gasteiger charge is -2.28. The summed E-state index contributed by atoms with van der Waals surface area (Å²) in [4.78, 5) is 32.2. The topological polar surface area (TPSA) is 95.8 Å². The molecule has 27 heavy (non-hydrogen) atoms. The van der Waals surface area contributed by atoms with Crippen LogP contribution in [0.5, 0.6) is 0 Å². The monoisotopic (exact) mass is 361 g/mol. The summed E-state index contributed by atoms with van der Waals surface area (Å²) in [7, 11) is 0. The van der Waals surface area contributed by atoms with Gasteiger partial charge in [-0.3, -0.25) is 9.59 Å². The van der Waals surface area contributed by atoms with Crippen molar-refractivity contribution in [1.29, 1.82) is 5.26 Å². The summed E-state index contributed by atoms with van der Waals surface area (Å²) in [5.41, 5.74) is -0.858. The molecule has 0 radical (unpaired) electrons. The van der Waals surface area contributed by atoms with Gasteiger partial charge in [0.05, 0.1) is 23.7 Å². The van der Waals surface area contributed by atoms with E-state index < -0.39 is 23.0 Å². The van der Waals surface area contributed by atoms with Crippen LogP contribution in [0.4, 0.5) is 5.69 Å². The quantitative estimate of drug-likeness (QED) is 0.565. The fraction of sp³-hybridized carbons (Fsp3) is 0.400. The van der Waals surface area contributed by atoms with Gasteiger partial charge in [0, 0.05) is 10.8 Å². The van der Waals surface area contributed by atoms with Crippen LogP contribution >= 0.6 is 0 Å². The van der Waals surface area contributed by atoms with Gasteiger partial charge in [0.1, 0.15) is 35.2 Å². The van der Waals surface area contributed by atoms with Crippen LogP contribution < -0.4 is 4.90 Å². The van der Waals surface area contributed by atoms with E-state index in [1.807, 2.05) is 19.9 Å². The largest absolute Gasteiger partial charge is 0.363 e. The average molecular weight is 361 g/mol. The maximum absolute atomic E-state index is 13.4. The molecule has 1 aromatic carbocycles. The molecule has 2 bridgehead atoms. The van der Waals surface area contributed by atoms with E-state index in [0.29, 0.717) is 16.5 Å². The Balaban J connectivity index is 1.54. The highest BCUT2D eigenvalue weighted by Gasteiger charge is 2.85. The molecule has 134 valence electrons. The lowest BCUT2D eigenvalue weighted by Crippen LogP contribution is -2.45. The summed E-state index contributed by atoms with van der Waals surface area (Å²) in [6, 6.07) is 9.26. The maximum Gasteiger partial charge on any atom is 0.240 e. The van der Waals surface area contributed by atoms with E-state index in [0.717, 1.165) is 0 Å². The Morgan fingerprint density at radius 3 is 2.26 bits per heavy atom. The van der Waals surface area contributed by atoms with Crippen LogP contribution in [0, 0.1) is 23.2 Å². The number of anilines is 1. The van der Waals surface area contributed by atoms with E-state index in [4.69, 9.17) is 9.47 Å². The van der Waals surface area contributed by atoms with Crippen LogP contribution in [0.25, 0.3) is 10.8 Å². The Morgan fingerprint density at radius 1 is 1.07 bits per heavy atom. The van der Waals surface area contributed by atoms with Crippen molar-refractivity contribution in [2.45, 2.75) is 37.3 Å². The van der Waals surface area contributed by atoms with E-state index in [1.165, 1.54) is 11.1 Å². The molecule has 0 spiro atoms. The first-order chi connectivity index (χ1) is 12.9. The van der Waals surface area contributed by atoms with Gasteiger partial charge in [-0.05, 0) is 13.8 Å². The summed E-state index contributed by atoms with van der Waals surface area (Å²) in [6.07, 6.45) is 1.19. The number of imide groups is 1. The summed E-state index contributed by atoms with van der Waals surface area (Å²) >= 11 is 0. The zero-order chi connectivity index (χ0) is 18.7. The molecule has 4 aliphatic heterocycles. The number of amides is 2. The van der Waals surface area contributed by atoms with Crippen molar-refractivity contribution in [3.05, 3.63) is 36.2 Å². The molecule has 4 aliphatic rings. The molecule has 0 aliphatic carbocycles. The summed E-state index contributed by atoms with van der Waals surface area (Å²) in [5.74, 6) is -1.68. The van der Waals surface area contributed by atoms with Gasteiger partial charge in [-0.15, -0.1) is 0 Å². The molecule has 7 heteroatoms. The van der Waals surface area contributed by atoms with Gasteiger partial charge in [-0.2, -0.15) is 5.26 Å². The molecule has 4 saturated heterocycles. The van der Waals surface area contributed by atoms with Crippen molar-refractivity contribution < 1.29 is 19.1 Å². The fourth-order valence-electron chi connectivity index (χ4n) is 5.56. The van der Waals surface area contributed by atoms with Gasteiger partial charge < -0.3 is 9.47 Å². The first-order valence-corrected chi connectivity index (χ1v) is 8.93. The number of hydrogen-bond donors (Lipinski definition) is 0. The zero-order valence-corrected chi connectivity index (χ0v) is 14.7. The second-order valence-electron chi connectivity index (χ2n) is 8.06. The molecule has 4 fully saturated rings. The number of ether oxygens (including phenoxy) is 2. The van der Waals surface area contributed by atoms with Gasteiger partial charge in [0.25, 0.3) is 0 Å². The Bertz CT molecular complexity index is 1090. The minimum atomic E-state index is -0.776. The van der Waals surface area contributed by atoms with Crippen LogP contribution in [-0.4, -0.2) is 40.2 Å². The van der Waals surface area contributed by atoms with Gasteiger partial charge in [-0.25, -0.2) is 9.88 Å². The van der Waals surface area contributed by atoms with Gasteiger partial charge in [0.2, 0.25) is 11.8 Å². The third-order valence-electron chi connectivity index (χ3n) is 6.72. The van der Waals surface area contributed by atoms with Crippen LogP contribution in [0.3, 0.4) is 0 Å². The number of pyridine rings is 1. The summed E-state index contributed by atoms with van der Waals surface area (Å²) in [6.45, 7) is 3.74. The number of carbonyl (C=O) groups is 2. The number of fused-ring (bicyclic) bond motifs is 9. The summed E-state index contributed by atoms with van der Waals surface area (Å²) < 4.78 is 11.9. The number of epoxide rings is 1. The second kappa shape index (κ2) is 4.35. The molecule has 7 nitrogen and oxygen atoms in total. The molecule has 0 N–H and O–H groups in total. The predicted molar refractivity (Wildman–Crippen MR) is 92.5 cm³/mol. The van der Waals surface area contributed by atoms with Gasteiger partial charge >= 0.3 is 0 Å². The SMILES string of the molecule is CC12O[C@](C)([C@@H]3O[C@@H]31)[C@H]1C(=O)N(c3cnc(C#N)c4ccccc34)C(=O)[C@H]12. The standard InChI is InChI=1S/C20H15N3O4/c1-19-13-14(20(2,27-19)16-15(19)26-16)18(25)23(17(13)24)12-8-22-11(7-21)9-5-3-4-6-10(9)12/h3-6,8,13-16H,1-2H3/t13-,14+,15-,16+,19+,20?/m1/s1. The first kappa shape index (κ1) is 15.3. The third kappa shape index (κ3) is 1.50. The van der Waals surface area contributed by atoms with Crippen molar-refractivity contribution in [1.82, 2.24) is 4.98 Å². The average Bonchev–Trinajstić information content (AvgIpc) is 3.33. The number of nitriles is 1. The number of carbonyl (C=O) groups excluding carboxylic acids is 2. The minimum absolute atomic E-state index is 0.128. The Morgan fingerprint density at radius 2 is 1.67 bits per heavy atom. The second-order valence-corrected chi connectivity index (χ2v) is 8.06. The van der Waals surface area contributed by atoms with Crippen LogP contribution in [0.1, 0.15) is 19.5 Å². The molecule has 1 aromatic heterocycles. The molecule has 2 amide bonds. The number of benzene rings is 1. The fourth-order valence-corrected chi connectivity index (χ4v) is 5.56. The zero-order valence-electron chi connectivity index (χ0n) is 14.7. The number of rotatable bonds is 1. The highest BCUT2D eigenvalue weighted by Crippen LogP contribution is 2.68. The van der Waals surface area contributed by atoms with Crippen LogP contribution in [-0.2, 0) is 19.1 Å². The number of hydrogen-bond acceptors (Lipinski definition) is 6. The minimum Gasteiger partial charge on any atom is -0.363 e. The van der Waals surface area contributed by atoms with Crippen molar-refractivity contribution in [3.63, 3.8) is 0 Å². The molecule has 6 rings (SSSR count). The van der Waals surface area contributed by atoms with Crippen LogP contribution in [0.15, 0.2) is 30.5 Å². The van der Waals surface area contributed by atoms with E-state index in [1.54, 1.807) is 18.2 Å². The smallest absolute Gasteiger partial charge is 0.240 e. The molecule has 5 heterocycles. The van der Waals surface area contributed by atoms with E-state index in [9.17, 15) is 14.9 Å². The predicted octanol–water partition coefficient (Wildman–Crippen LogP) is 1.54. The van der Waals surface area contributed by atoms with Crippen molar-refractivity contribution >= 4 is 28.3 Å². The molecular weight excluding hydrogens is 346 g/mol. The summed E-state index contributed by atoms with van der Waals surface area (Å²) in [5, 5.41) is 10.6. The van der Waals surface area contributed by atoms with Crippen molar-refractivity contribution in [2.75, 3.05) is 4.90 Å². The van der Waals surface area contributed by atoms with Gasteiger partial charge in [0.15, 0.2) is 0 Å². The van der Waals surface area contributed by atoms with E-state index in [-0.39, 0.29) is 29.7 Å². The highest BCUT2D eigenvalue weighted by molar-refractivity contribution is 6.26. The van der Waals surface area contributed by atoms with Crippen LogP contribution in [0.2, 0.25) is 0 Å². The molecule has 1 unspecified atom stereocenters. The van der Waals surface area contributed by atoms with Crippen molar-refractivity contribution in [3.8, 4) is 6.07 Å². The molecule has 0 saturated carbocycles. The van der Waals surface area contributed by atoms with E-state index in [2.05, 4.69) is 11.1 Å². The number of nitrogens with zero attached hydrogens (tertiary/aromatic N) is 3. The van der Waals surface area contributed by atoms with Crippen molar-refractivity contribution in [2.24, 2.45) is 11.8 Å². The number of aromatic nitrogens is 1. The lowest BCUT2D eigenvalue weighted by atomic mass is 9.69. The molecule has 2 aromatic rings. The normalized spacial score (nSPS) is 41.0. The Kier molecular flexibility index (Phi) is 2.46. The Hall–Kier alpha value is -2.82. The lowest BCUT2D eigenvalue weighted by molar-refractivity contribution is -0.139. The van der Waals surface area contributed by atoms with Gasteiger partial charge in [-0.1, -0.05) is 24.3 Å². The third-order valence-corrected chi connectivity index (χ3v) is 6.72. The highest BCUT2D eigenvalue weighted by atomic mass is 16.7. The Labute approximate surface area is 154 Å². The first-order valence-electron chi connectivity index (χ1n) is 8.93.